The number of benzene rings is 2. The normalized spacial score (nSPS) is 14.3. The summed E-state index contributed by atoms with van der Waals surface area (Å²) in [5.74, 6) is 1.47. The average Bonchev–Trinajstić information content (AvgIpc) is 2.69. The van der Waals surface area contributed by atoms with Gasteiger partial charge in [0, 0.05) is 31.1 Å². The van der Waals surface area contributed by atoms with Gasteiger partial charge in [-0.15, -0.1) is 11.8 Å². The molecule has 4 heteroatoms. The van der Waals surface area contributed by atoms with Crippen LogP contribution in [0.5, 0.6) is 0 Å². The Kier molecular flexibility index (Phi) is 7.01. The number of carbonyl (C=O) groups excluding carboxylic acids is 1. The predicted octanol–water partition coefficient (Wildman–Crippen LogP) is 4.53. The van der Waals surface area contributed by atoms with E-state index in [0.717, 1.165) is 24.4 Å². The molecular weight excluding hydrogens is 340 g/mol. The molecule has 0 unspecified atom stereocenters. The Labute approximate surface area is 161 Å². The van der Waals surface area contributed by atoms with Gasteiger partial charge >= 0.3 is 0 Å². The molecular formula is C22H28N2OS. The number of aryl methyl sites for hydroxylation is 1. The van der Waals surface area contributed by atoms with Crippen LogP contribution in [0.25, 0.3) is 0 Å². The highest BCUT2D eigenvalue weighted by Gasteiger charge is 2.10. The van der Waals surface area contributed by atoms with Crippen LogP contribution in [0.1, 0.15) is 36.0 Å². The Bertz CT molecular complexity index is 691. The van der Waals surface area contributed by atoms with Crippen molar-refractivity contribution in [2.45, 2.75) is 38.5 Å². The highest BCUT2D eigenvalue weighted by Crippen LogP contribution is 2.20. The number of anilines is 1. The first-order valence-corrected chi connectivity index (χ1v) is 10.6. The van der Waals surface area contributed by atoms with Crippen molar-refractivity contribution in [3.63, 3.8) is 0 Å². The van der Waals surface area contributed by atoms with Gasteiger partial charge in [0.05, 0.1) is 5.75 Å². The summed E-state index contributed by atoms with van der Waals surface area (Å²) in [4.78, 5) is 14.5. The van der Waals surface area contributed by atoms with Gasteiger partial charge in [-0.3, -0.25) is 4.79 Å². The summed E-state index contributed by atoms with van der Waals surface area (Å²) in [7, 11) is 0. The van der Waals surface area contributed by atoms with Crippen LogP contribution in [0.15, 0.2) is 48.5 Å². The fourth-order valence-corrected chi connectivity index (χ4v) is 3.99. The summed E-state index contributed by atoms with van der Waals surface area (Å²) < 4.78 is 0. The first-order valence-electron chi connectivity index (χ1n) is 9.44. The molecule has 0 aromatic heterocycles. The molecule has 1 heterocycles. The van der Waals surface area contributed by atoms with Gasteiger partial charge in [0.2, 0.25) is 5.91 Å². The number of piperidine rings is 1. The second-order valence-corrected chi connectivity index (χ2v) is 7.95. The van der Waals surface area contributed by atoms with Crippen molar-refractivity contribution in [1.29, 1.82) is 0 Å². The van der Waals surface area contributed by atoms with Crippen molar-refractivity contribution in [3.05, 3.63) is 65.2 Å². The zero-order valence-corrected chi connectivity index (χ0v) is 16.4. The molecule has 0 atom stereocenters. The van der Waals surface area contributed by atoms with Crippen LogP contribution < -0.4 is 10.2 Å². The number of amides is 1. The third-order valence-electron chi connectivity index (χ3n) is 4.77. The van der Waals surface area contributed by atoms with E-state index in [-0.39, 0.29) is 5.91 Å². The summed E-state index contributed by atoms with van der Waals surface area (Å²) in [6.07, 6.45) is 3.93. The molecule has 1 amide bonds. The molecule has 26 heavy (non-hydrogen) atoms. The van der Waals surface area contributed by atoms with Crippen molar-refractivity contribution in [3.8, 4) is 0 Å². The van der Waals surface area contributed by atoms with Crippen LogP contribution >= 0.6 is 11.8 Å². The van der Waals surface area contributed by atoms with Crippen LogP contribution in [-0.2, 0) is 17.1 Å². The molecule has 1 aliphatic heterocycles. The van der Waals surface area contributed by atoms with Crippen molar-refractivity contribution in [2.24, 2.45) is 0 Å². The topological polar surface area (TPSA) is 32.3 Å². The Morgan fingerprint density at radius 3 is 2.31 bits per heavy atom. The van der Waals surface area contributed by atoms with Crippen LogP contribution in [0.2, 0.25) is 0 Å². The van der Waals surface area contributed by atoms with Gasteiger partial charge in [-0.1, -0.05) is 42.0 Å². The lowest BCUT2D eigenvalue weighted by Crippen LogP contribution is -2.29. The molecule has 1 N–H and O–H groups in total. The van der Waals surface area contributed by atoms with Crippen molar-refractivity contribution in [2.75, 3.05) is 23.7 Å². The van der Waals surface area contributed by atoms with Crippen molar-refractivity contribution >= 4 is 23.4 Å². The highest BCUT2D eigenvalue weighted by molar-refractivity contribution is 7.99. The average molecular weight is 369 g/mol. The van der Waals surface area contributed by atoms with E-state index in [2.05, 4.69) is 65.7 Å². The third kappa shape index (κ3) is 5.80. The molecule has 138 valence electrons. The molecule has 0 bridgehead atoms. The summed E-state index contributed by atoms with van der Waals surface area (Å²) in [6.45, 7) is 5.01. The summed E-state index contributed by atoms with van der Waals surface area (Å²) in [5, 5.41) is 3.02. The molecule has 1 saturated heterocycles. The van der Waals surface area contributed by atoms with Crippen LogP contribution in [0.4, 0.5) is 5.69 Å². The van der Waals surface area contributed by atoms with Crippen LogP contribution in [0.3, 0.4) is 0 Å². The van der Waals surface area contributed by atoms with E-state index >= 15 is 0 Å². The maximum atomic E-state index is 12.0. The van der Waals surface area contributed by atoms with Gasteiger partial charge < -0.3 is 10.2 Å². The van der Waals surface area contributed by atoms with Crippen LogP contribution in [0, 0.1) is 6.92 Å². The number of hydrogen-bond acceptors (Lipinski definition) is 3. The Morgan fingerprint density at radius 2 is 1.62 bits per heavy atom. The van der Waals surface area contributed by atoms with Gasteiger partial charge in [-0.2, -0.15) is 0 Å². The zero-order valence-electron chi connectivity index (χ0n) is 15.5. The van der Waals surface area contributed by atoms with E-state index in [4.69, 9.17) is 0 Å². The molecule has 0 aliphatic carbocycles. The lowest BCUT2D eigenvalue weighted by molar-refractivity contribution is -0.118. The Balaban J connectivity index is 1.37. The number of nitrogens with zero attached hydrogens (tertiary/aromatic N) is 1. The lowest BCUT2D eigenvalue weighted by Gasteiger charge is -2.28. The maximum absolute atomic E-state index is 12.0. The molecule has 0 radical (unpaired) electrons. The largest absolute Gasteiger partial charge is 0.372 e. The minimum absolute atomic E-state index is 0.0993. The number of thioether (sulfide) groups is 1. The highest BCUT2D eigenvalue weighted by atomic mass is 32.2. The quantitative estimate of drug-likeness (QED) is 0.779. The molecule has 0 spiro atoms. The van der Waals surface area contributed by atoms with Gasteiger partial charge in [-0.05, 0) is 49.4 Å². The number of carbonyl (C=O) groups is 1. The van der Waals surface area contributed by atoms with Gasteiger partial charge in [0.1, 0.15) is 0 Å². The monoisotopic (exact) mass is 368 g/mol. The first kappa shape index (κ1) is 18.8. The number of nitrogens with one attached hydrogen (secondary N) is 1. The summed E-state index contributed by atoms with van der Waals surface area (Å²) >= 11 is 1.66. The van der Waals surface area contributed by atoms with E-state index in [1.807, 2.05) is 0 Å². The standard InChI is InChI=1S/C22H28N2OS/c1-18-5-7-20(8-6-18)16-26-17-22(25)23-15-19-9-11-21(12-10-19)24-13-3-2-4-14-24/h5-12H,2-4,13-17H2,1H3,(H,23,25). The number of hydrogen-bond donors (Lipinski definition) is 1. The maximum Gasteiger partial charge on any atom is 0.230 e. The van der Waals surface area contributed by atoms with E-state index in [9.17, 15) is 4.79 Å². The minimum Gasteiger partial charge on any atom is -0.372 e. The predicted molar refractivity (Wildman–Crippen MR) is 112 cm³/mol. The third-order valence-corrected chi connectivity index (χ3v) is 5.77. The summed E-state index contributed by atoms with van der Waals surface area (Å²) in [5.41, 5.74) is 4.99. The molecule has 2 aromatic rings. The van der Waals surface area contributed by atoms with E-state index in [0.29, 0.717) is 12.3 Å². The first-order chi connectivity index (χ1) is 12.7. The molecule has 1 aliphatic rings. The van der Waals surface area contributed by atoms with Crippen LogP contribution in [-0.4, -0.2) is 24.7 Å². The smallest absolute Gasteiger partial charge is 0.230 e. The fourth-order valence-electron chi connectivity index (χ4n) is 3.17. The van der Waals surface area contributed by atoms with Gasteiger partial charge in [0.25, 0.3) is 0 Å². The number of rotatable bonds is 7. The van der Waals surface area contributed by atoms with Crippen molar-refractivity contribution in [1.82, 2.24) is 5.32 Å². The molecule has 3 rings (SSSR count). The van der Waals surface area contributed by atoms with E-state index < -0.39 is 0 Å². The van der Waals surface area contributed by atoms with Crippen molar-refractivity contribution < 1.29 is 4.79 Å². The zero-order chi connectivity index (χ0) is 18.2. The fraction of sp³-hybridized carbons (Fsp3) is 0.409. The van der Waals surface area contributed by atoms with E-state index in [1.165, 1.54) is 36.1 Å². The minimum atomic E-state index is 0.0993. The molecule has 3 nitrogen and oxygen atoms in total. The second-order valence-electron chi connectivity index (χ2n) is 6.97. The van der Waals surface area contributed by atoms with Gasteiger partial charge in [0.15, 0.2) is 0 Å². The second kappa shape index (κ2) is 9.67. The Hall–Kier alpha value is -1.94. The summed E-state index contributed by atoms with van der Waals surface area (Å²) in [6, 6.07) is 17.1. The molecule has 2 aromatic carbocycles. The molecule has 0 saturated carbocycles. The lowest BCUT2D eigenvalue weighted by atomic mass is 10.1. The molecule has 1 fully saturated rings. The SMILES string of the molecule is Cc1ccc(CSCC(=O)NCc2ccc(N3CCCCC3)cc2)cc1. The Morgan fingerprint density at radius 1 is 0.962 bits per heavy atom. The van der Waals surface area contributed by atoms with E-state index in [1.54, 1.807) is 11.8 Å². The van der Waals surface area contributed by atoms with Gasteiger partial charge in [-0.25, -0.2) is 0 Å².